The largest absolute Gasteiger partial charge is 0.764 e. The van der Waals surface area contributed by atoms with E-state index in [0.717, 1.165) is 6.07 Å². The van der Waals surface area contributed by atoms with E-state index in [1.165, 1.54) is 24.3 Å². The molecular formula is C14H13NO6S2. The normalized spacial score (nSPS) is 26.3. The lowest BCUT2D eigenvalue weighted by Gasteiger charge is -2.41. The molecule has 122 valence electrons. The van der Waals surface area contributed by atoms with Gasteiger partial charge in [-0.1, -0.05) is 18.2 Å². The molecule has 0 amide bonds. The van der Waals surface area contributed by atoms with Crippen LogP contribution in [0, 0.1) is 4.91 Å². The van der Waals surface area contributed by atoms with Crippen molar-refractivity contribution in [1.82, 2.24) is 0 Å². The molecule has 23 heavy (non-hydrogen) atoms. The summed E-state index contributed by atoms with van der Waals surface area (Å²) < 4.78 is 47.9. The van der Waals surface area contributed by atoms with Gasteiger partial charge in [0, 0.05) is 22.8 Å². The average Bonchev–Trinajstić information content (AvgIpc) is 2.80. The first kappa shape index (κ1) is 15.9. The highest BCUT2D eigenvalue weighted by atomic mass is 32.3. The summed E-state index contributed by atoms with van der Waals surface area (Å²) >= 11 is 0. The van der Waals surface area contributed by atoms with Gasteiger partial charge in [-0.2, -0.15) is 0 Å². The van der Waals surface area contributed by atoms with Crippen LogP contribution in [0.2, 0.25) is 0 Å². The van der Waals surface area contributed by atoms with Crippen molar-refractivity contribution in [1.29, 1.82) is 0 Å². The van der Waals surface area contributed by atoms with E-state index in [-0.39, 0.29) is 21.0 Å². The lowest BCUT2D eigenvalue weighted by atomic mass is 10.1. The lowest BCUT2D eigenvalue weighted by molar-refractivity contribution is -0.729. The molecule has 7 nitrogen and oxygen atoms in total. The smallest absolute Gasteiger partial charge is 0.318 e. The van der Waals surface area contributed by atoms with Gasteiger partial charge < -0.3 is 19.7 Å². The van der Waals surface area contributed by atoms with Gasteiger partial charge in [0.1, 0.15) is 5.25 Å². The van der Waals surface area contributed by atoms with E-state index in [1.807, 2.05) is 0 Å². The Kier molecular flexibility index (Phi) is 3.68. The number of benzene rings is 2. The molecule has 0 radical (unpaired) electrons. The van der Waals surface area contributed by atoms with Crippen LogP contribution in [0.4, 0.5) is 5.69 Å². The van der Waals surface area contributed by atoms with E-state index < -0.39 is 36.4 Å². The molecule has 0 bridgehead atoms. The summed E-state index contributed by atoms with van der Waals surface area (Å²) in [7, 11) is -7.46. The lowest BCUT2D eigenvalue weighted by Crippen LogP contribution is -2.15. The fraction of sp³-hybridized carbons (Fsp3) is 0.143. The summed E-state index contributed by atoms with van der Waals surface area (Å²) in [6.07, 6.45) is 0. The standard InChI is InChI=1S/C14H13NO6S2/c16-15(17)10-6-7-12-13(8-10)22(18,19)9-14(12)23(20,21)11-4-2-1-3-5-11/h1-8,14H,9H2,(H2-,16,17,18,19). The van der Waals surface area contributed by atoms with Gasteiger partial charge in [-0.3, -0.25) is 0 Å². The molecule has 2 aromatic rings. The molecule has 0 aliphatic carbocycles. The van der Waals surface area contributed by atoms with Crippen molar-refractivity contribution < 1.29 is 27.7 Å². The Balaban J connectivity index is 2.14. The minimum Gasteiger partial charge on any atom is -0.764 e. The number of nitrogens with zero attached hydrogens (tertiary/aromatic N) is 1. The van der Waals surface area contributed by atoms with Gasteiger partial charge in [-0.05, 0) is 23.8 Å². The third-order valence-corrected chi connectivity index (χ3v) is 7.87. The van der Waals surface area contributed by atoms with Gasteiger partial charge in [-0.25, -0.2) is 13.6 Å². The SMILES string of the molecule is O=[N+](O)c1ccc2c(c1)S([O-])(O)CC2S(=O)(=O)c1ccccc1. The molecule has 2 N–H and O–H groups in total. The highest BCUT2D eigenvalue weighted by molar-refractivity contribution is 8.25. The third-order valence-electron chi connectivity index (χ3n) is 3.73. The minimum absolute atomic E-state index is 0.0599. The molecule has 0 fully saturated rings. The van der Waals surface area contributed by atoms with Crippen molar-refractivity contribution in [2.24, 2.45) is 0 Å². The van der Waals surface area contributed by atoms with E-state index >= 15 is 0 Å². The van der Waals surface area contributed by atoms with Crippen LogP contribution in [0.5, 0.6) is 0 Å². The number of hydrogen-bond acceptors (Lipinski definition) is 5. The molecule has 3 rings (SSSR count). The third kappa shape index (κ3) is 2.61. The molecule has 0 saturated heterocycles. The number of rotatable bonds is 3. The Morgan fingerprint density at radius 1 is 1.17 bits per heavy atom. The Bertz CT molecular complexity index is 879. The number of hydrogen-bond donors (Lipinski definition) is 2. The van der Waals surface area contributed by atoms with Gasteiger partial charge in [-0.15, -0.1) is 0 Å². The predicted octanol–water partition coefficient (Wildman–Crippen LogP) is 2.78. The highest BCUT2D eigenvalue weighted by Crippen LogP contribution is 2.61. The van der Waals surface area contributed by atoms with Crippen molar-refractivity contribution in [3.8, 4) is 0 Å². The Labute approximate surface area is 134 Å². The fourth-order valence-electron chi connectivity index (χ4n) is 2.60. The van der Waals surface area contributed by atoms with Gasteiger partial charge in [0.2, 0.25) is 0 Å². The molecule has 1 heterocycles. The van der Waals surface area contributed by atoms with Gasteiger partial charge in [0.05, 0.1) is 9.80 Å². The molecule has 2 aromatic carbocycles. The predicted molar refractivity (Wildman–Crippen MR) is 82.0 cm³/mol. The van der Waals surface area contributed by atoms with Crippen LogP contribution in [0.25, 0.3) is 0 Å². The fourth-order valence-corrected chi connectivity index (χ4v) is 7.00. The molecule has 1 aliphatic heterocycles. The zero-order valence-electron chi connectivity index (χ0n) is 11.7. The van der Waals surface area contributed by atoms with E-state index in [1.54, 1.807) is 18.2 Å². The van der Waals surface area contributed by atoms with Crippen LogP contribution < -0.4 is 0 Å². The van der Waals surface area contributed by atoms with Gasteiger partial charge in [0.25, 0.3) is 4.92 Å². The molecule has 0 aromatic heterocycles. The second-order valence-electron chi connectivity index (χ2n) is 5.15. The van der Waals surface area contributed by atoms with Crippen molar-refractivity contribution >= 4 is 26.1 Å². The molecule has 1 aliphatic rings. The summed E-state index contributed by atoms with van der Waals surface area (Å²) in [5.74, 6) is -0.479. The second kappa shape index (κ2) is 5.31. The summed E-state index contributed by atoms with van der Waals surface area (Å²) in [6.45, 7) is 0. The molecule has 0 saturated carbocycles. The first-order valence-corrected chi connectivity index (χ1v) is 9.80. The Morgan fingerprint density at radius 3 is 2.43 bits per heavy atom. The molecule has 2 atom stereocenters. The molecule has 9 heteroatoms. The molecular weight excluding hydrogens is 342 g/mol. The van der Waals surface area contributed by atoms with Gasteiger partial charge in [0.15, 0.2) is 9.84 Å². The maximum atomic E-state index is 12.7. The van der Waals surface area contributed by atoms with Crippen molar-refractivity contribution in [3.63, 3.8) is 0 Å². The van der Waals surface area contributed by atoms with Crippen LogP contribution in [-0.4, -0.2) is 33.4 Å². The van der Waals surface area contributed by atoms with Crippen LogP contribution in [0.3, 0.4) is 0 Å². The zero-order chi connectivity index (χ0) is 16.8. The average molecular weight is 355 g/mol. The number of fused-ring (bicyclic) bond motifs is 1. The summed E-state index contributed by atoms with van der Waals surface area (Å²) in [5, 5.41) is 7.74. The maximum absolute atomic E-state index is 12.7. The molecule has 2 unspecified atom stereocenters. The van der Waals surface area contributed by atoms with E-state index in [4.69, 9.17) is 5.21 Å². The van der Waals surface area contributed by atoms with E-state index in [2.05, 4.69) is 0 Å². The minimum atomic E-state index is -3.85. The Hall–Kier alpha value is -1.94. The first-order valence-electron chi connectivity index (χ1n) is 6.57. The van der Waals surface area contributed by atoms with Crippen LogP contribution in [-0.2, 0) is 9.84 Å². The maximum Gasteiger partial charge on any atom is 0.318 e. The van der Waals surface area contributed by atoms with Crippen molar-refractivity contribution in [2.75, 3.05) is 5.75 Å². The van der Waals surface area contributed by atoms with Crippen LogP contribution in [0.15, 0.2) is 58.3 Å². The Morgan fingerprint density at radius 2 is 1.83 bits per heavy atom. The summed E-state index contributed by atoms with van der Waals surface area (Å²) in [4.78, 5) is 10.4. The highest BCUT2D eigenvalue weighted by Gasteiger charge is 2.40. The zero-order valence-corrected chi connectivity index (χ0v) is 13.3. The monoisotopic (exact) mass is 355 g/mol. The molecule has 0 spiro atoms. The van der Waals surface area contributed by atoms with Crippen LogP contribution in [0.1, 0.15) is 10.8 Å². The van der Waals surface area contributed by atoms with Crippen molar-refractivity contribution in [2.45, 2.75) is 15.0 Å². The second-order valence-corrected chi connectivity index (χ2v) is 9.33. The van der Waals surface area contributed by atoms with E-state index in [9.17, 15) is 22.4 Å². The van der Waals surface area contributed by atoms with Crippen LogP contribution >= 0.6 is 10.6 Å². The van der Waals surface area contributed by atoms with Crippen molar-refractivity contribution in [3.05, 3.63) is 59.0 Å². The first-order chi connectivity index (χ1) is 10.7. The van der Waals surface area contributed by atoms with Gasteiger partial charge >= 0.3 is 5.69 Å². The summed E-state index contributed by atoms with van der Waals surface area (Å²) in [6, 6.07) is 11.2. The summed E-state index contributed by atoms with van der Waals surface area (Å²) in [5.41, 5.74) is -0.0600. The van der Waals surface area contributed by atoms with E-state index in [0.29, 0.717) is 0 Å². The number of sulfone groups is 1. The topological polar surface area (TPSA) is 118 Å². The quantitative estimate of drug-likeness (QED) is 0.817.